The minimum atomic E-state index is -1.27. The zero-order valence-corrected chi connectivity index (χ0v) is 15.0. The quantitative estimate of drug-likeness (QED) is 0.519. The zero-order chi connectivity index (χ0) is 19.1. The Morgan fingerprint density at radius 3 is 2.67 bits per heavy atom. The second-order valence-electron chi connectivity index (χ2n) is 5.59. The van der Waals surface area contributed by atoms with Crippen molar-refractivity contribution in [3.8, 4) is 10.6 Å². The molecule has 3 heterocycles. The summed E-state index contributed by atoms with van der Waals surface area (Å²) in [6.45, 7) is 0.0593. The lowest BCUT2D eigenvalue weighted by atomic mass is 10.2. The predicted octanol–water partition coefficient (Wildman–Crippen LogP) is 3.85. The number of aromatic nitrogens is 3. The molecule has 0 aliphatic heterocycles. The number of carboxylic acids is 2. The van der Waals surface area contributed by atoms with Gasteiger partial charge in [0.1, 0.15) is 11.2 Å². The number of carbonyl (C=O) groups is 2. The molecule has 8 nitrogen and oxygen atoms in total. The number of aromatic carboxylic acids is 2. The predicted molar refractivity (Wildman–Crippen MR) is 97.6 cm³/mol. The van der Waals surface area contributed by atoms with Crippen LogP contribution in [-0.4, -0.2) is 36.9 Å². The molecular weight excluding hydrogens is 394 g/mol. The van der Waals surface area contributed by atoms with E-state index in [2.05, 4.69) is 10.1 Å². The minimum Gasteiger partial charge on any atom is -0.478 e. The van der Waals surface area contributed by atoms with Gasteiger partial charge in [0.05, 0.1) is 26.8 Å². The van der Waals surface area contributed by atoms with Crippen LogP contribution in [0.4, 0.5) is 0 Å². The van der Waals surface area contributed by atoms with Gasteiger partial charge in [-0.05, 0) is 24.3 Å². The van der Waals surface area contributed by atoms with Crippen molar-refractivity contribution in [2.75, 3.05) is 0 Å². The molecule has 4 aromatic rings. The van der Waals surface area contributed by atoms with Crippen LogP contribution in [0.3, 0.4) is 0 Å². The van der Waals surface area contributed by atoms with E-state index in [1.807, 2.05) is 0 Å². The Kier molecular flexibility index (Phi) is 4.17. The van der Waals surface area contributed by atoms with Gasteiger partial charge in [-0.15, -0.1) is 11.3 Å². The lowest BCUT2D eigenvalue weighted by Crippen LogP contribution is -2.10. The van der Waals surface area contributed by atoms with Gasteiger partial charge in [-0.2, -0.15) is 0 Å². The molecule has 3 aromatic heterocycles. The Hall–Kier alpha value is -3.17. The number of para-hydroxylation sites is 1. The van der Waals surface area contributed by atoms with Crippen LogP contribution in [0.15, 0.2) is 40.9 Å². The monoisotopic (exact) mass is 403 g/mol. The normalized spacial score (nSPS) is 11.1. The fourth-order valence-corrected chi connectivity index (χ4v) is 3.75. The Morgan fingerprint density at radius 2 is 2.00 bits per heavy atom. The van der Waals surface area contributed by atoms with Gasteiger partial charge in [0.15, 0.2) is 5.76 Å². The number of rotatable bonds is 5. The zero-order valence-electron chi connectivity index (χ0n) is 13.4. The standard InChI is InChI=1S/C17H10ClN3O5S/c18-13-5-4-12(27-13)11-6-8(20-26-11)7-21-10-3-1-2-9(16(22)23)14(10)19-15(21)17(24)25/h1-6H,7H2,(H,22,23)(H,24,25). The van der Waals surface area contributed by atoms with Crippen LogP contribution < -0.4 is 0 Å². The summed E-state index contributed by atoms with van der Waals surface area (Å²) in [4.78, 5) is 27.8. The van der Waals surface area contributed by atoms with Crippen molar-refractivity contribution >= 4 is 45.9 Å². The first-order valence-electron chi connectivity index (χ1n) is 7.61. The smallest absolute Gasteiger partial charge is 0.372 e. The molecule has 0 unspecified atom stereocenters. The molecule has 0 saturated carbocycles. The second kappa shape index (κ2) is 6.53. The number of halogens is 1. The maximum absolute atomic E-state index is 11.6. The number of nitrogens with zero attached hydrogens (tertiary/aromatic N) is 3. The molecule has 1 aromatic carbocycles. The molecule has 0 radical (unpaired) electrons. The molecule has 0 atom stereocenters. The number of fused-ring (bicyclic) bond motifs is 1. The third kappa shape index (κ3) is 3.07. The highest BCUT2D eigenvalue weighted by molar-refractivity contribution is 7.19. The van der Waals surface area contributed by atoms with Crippen LogP contribution in [0.1, 0.15) is 26.7 Å². The van der Waals surface area contributed by atoms with Crippen molar-refractivity contribution in [2.24, 2.45) is 0 Å². The first-order valence-corrected chi connectivity index (χ1v) is 8.80. The number of hydrogen-bond donors (Lipinski definition) is 2. The third-order valence-electron chi connectivity index (χ3n) is 3.90. The summed E-state index contributed by atoms with van der Waals surface area (Å²) in [5, 5.41) is 22.8. The van der Waals surface area contributed by atoms with E-state index in [9.17, 15) is 19.8 Å². The summed E-state index contributed by atoms with van der Waals surface area (Å²) in [7, 11) is 0. The van der Waals surface area contributed by atoms with Crippen molar-refractivity contribution in [2.45, 2.75) is 6.54 Å². The molecule has 2 N–H and O–H groups in total. The van der Waals surface area contributed by atoms with Crippen LogP contribution in [0.2, 0.25) is 4.34 Å². The maximum Gasteiger partial charge on any atom is 0.372 e. The van der Waals surface area contributed by atoms with E-state index in [0.29, 0.717) is 21.3 Å². The van der Waals surface area contributed by atoms with E-state index in [1.165, 1.54) is 28.0 Å². The highest BCUT2D eigenvalue weighted by Gasteiger charge is 2.22. The molecule has 10 heteroatoms. The molecule has 0 saturated heterocycles. The van der Waals surface area contributed by atoms with E-state index in [-0.39, 0.29) is 23.4 Å². The number of hydrogen-bond acceptors (Lipinski definition) is 6. The van der Waals surface area contributed by atoms with Gasteiger partial charge in [0, 0.05) is 6.07 Å². The van der Waals surface area contributed by atoms with E-state index >= 15 is 0 Å². The largest absolute Gasteiger partial charge is 0.478 e. The van der Waals surface area contributed by atoms with Gasteiger partial charge < -0.3 is 19.3 Å². The summed E-state index contributed by atoms with van der Waals surface area (Å²) in [5.74, 6) is -2.21. The highest BCUT2D eigenvalue weighted by Crippen LogP contribution is 2.31. The lowest BCUT2D eigenvalue weighted by molar-refractivity contribution is 0.0672. The van der Waals surface area contributed by atoms with E-state index < -0.39 is 11.9 Å². The van der Waals surface area contributed by atoms with Crippen molar-refractivity contribution in [3.05, 3.63) is 57.8 Å². The molecule has 0 aliphatic rings. The number of benzene rings is 1. The van der Waals surface area contributed by atoms with E-state index in [1.54, 1.807) is 24.3 Å². The molecular formula is C17H10ClN3O5S. The summed E-state index contributed by atoms with van der Waals surface area (Å²) >= 11 is 7.26. The molecule has 136 valence electrons. The Labute approximate surface area is 160 Å². The molecule has 4 rings (SSSR count). The second-order valence-corrected chi connectivity index (χ2v) is 7.31. The van der Waals surface area contributed by atoms with Crippen LogP contribution in [0.25, 0.3) is 21.7 Å². The van der Waals surface area contributed by atoms with Gasteiger partial charge in [-0.25, -0.2) is 14.6 Å². The van der Waals surface area contributed by atoms with Crippen LogP contribution in [0.5, 0.6) is 0 Å². The number of thiophene rings is 1. The van der Waals surface area contributed by atoms with Gasteiger partial charge >= 0.3 is 11.9 Å². The lowest BCUT2D eigenvalue weighted by Gasteiger charge is -2.04. The summed E-state index contributed by atoms with van der Waals surface area (Å²) < 4.78 is 7.32. The molecule has 0 amide bonds. The average molecular weight is 404 g/mol. The summed E-state index contributed by atoms with van der Waals surface area (Å²) in [6.07, 6.45) is 0. The van der Waals surface area contributed by atoms with E-state index in [4.69, 9.17) is 16.1 Å². The minimum absolute atomic E-state index is 0.0593. The first-order chi connectivity index (χ1) is 12.9. The van der Waals surface area contributed by atoms with Crippen molar-refractivity contribution < 1.29 is 24.3 Å². The van der Waals surface area contributed by atoms with Gasteiger partial charge in [0.25, 0.3) is 0 Å². The van der Waals surface area contributed by atoms with Gasteiger partial charge in [-0.3, -0.25) is 0 Å². The Morgan fingerprint density at radius 1 is 1.19 bits per heavy atom. The third-order valence-corrected chi connectivity index (χ3v) is 5.14. The van der Waals surface area contributed by atoms with E-state index in [0.717, 1.165) is 4.88 Å². The number of carboxylic acid groups (broad SMARTS) is 2. The van der Waals surface area contributed by atoms with Gasteiger partial charge in [-0.1, -0.05) is 22.8 Å². The average Bonchev–Trinajstić information content (AvgIpc) is 3.33. The topological polar surface area (TPSA) is 118 Å². The fourth-order valence-electron chi connectivity index (χ4n) is 2.75. The van der Waals surface area contributed by atoms with Crippen molar-refractivity contribution in [3.63, 3.8) is 0 Å². The Balaban J connectivity index is 1.78. The molecule has 0 spiro atoms. The van der Waals surface area contributed by atoms with Crippen molar-refractivity contribution in [1.82, 2.24) is 14.7 Å². The van der Waals surface area contributed by atoms with Crippen molar-refractivity contribution in [1.29, 1.82) is 0 Å². The number of imidazole rings is 1. The first kappa shape index (κ1) is 17.3. The molecule has 27 heavy (non-hydrogen) atoms. The summed E-state index contributed by atoms with van der Waals surface area (Å²) in [5.41, 5.74) is 0.895. The Bertz CT molecular complexity index is 1190. The summed E-state index contributed by atoms with van der Waals surface area (Å²) in [6, 6.07) is 9.75. The highest BCUT2D eigenvalue weighted by atomic mass is 35.5. The molecule has 0 fully saturated rings. The maximum atomic E-state index is 11.6. The molecule has 0 bridgehead atoms. The molecule has 0 aliphatic carbocycles. The van der Waals surface area contributed by atoms with Crippen LogP contribution in [0, 0.1) is 0 Å². The van der Waals surface area contributed by atoms with Crippen LogP contribution in [-0.2, 0) is 6.54 Å². The van der Waals surface area contributed by atoms with Crippen LogP contribution >= 0.6 is 22.9 Å². The fraction of sp³-hybridized carbons (Fsp3) is 0.0588. The van der Waals surface area contributed by atoms with Gasteiger partial charge in [0.2, 0.25) is 5.82 Å². The SMILES string of the molecule is O=C(O)c1cccc2c1nc(C(=O)O)n2Cc1cc(-c2ccc(Cl)s2)on1.